The van der Waals surface area contributed by atoms with Crippen molar-refractivity contribution in [2.24, 2.45) is 0 Å². The standard InChI is InChI=1S/C11H15N3O3S/c12-8-10-4-5-11(9-13-10)18(16,17)14-6-2-1-3-7-15/h4-5,9,14-15H,1-3,6-7H2. The molecular formula is C11H15N3O3S. The van der Waals surface area contributed by atoms with Crippen molar-refractivity contribution in [3.63, 3.8) is 0 Å². The van der Waals surface area contributed by atoms with Gasteiger partial charge in [-0.3, -0.25) is 0 Å². The molecule has 0 bridgehead atoms. The van der Waals surface area contributed by atoms with Gasteiger partial charge in [0.05, 0.1) is 0 Å². The number of aliphatic hydroxyl groups excluding tert-OH is 1. The van der Waals surface area contributed by atoms with Gasteiger partial charge in [0.2, 0.25) is 10.0 Å². The molecule has 0 aliphatic carbocycles. The molecule has 0 saturated heterocycles. The highest BCUT2D eigenvalue weighted by molar-refractivity contribution is 7.89. The second-order valence-electron chi connectivity index (χ2n) is 3.67. The van der Waals surface area contributed by atoms with Crippen molar-refractivity contribution in [3.05, 3.63) is 24.0 Å². The Balaban J connectivity index is 2.55. The first-order chi connectivity index (χ1) is 8.60. The summed E-state index contributed by atoms with van der Waals surface area (Å²) in [7, 11) is -3.56. The number of aromatic nitrogens is 1. The van der Waals surface area contributed by atoms with Crippen LogP contribution in [-0.4, -0.2) is 31.7 Å². The number of aliphatic hydroxyl groups is 1. The first-order valence-corrected chi connectivity index (χ1v) is 7.05. The van der Waals surface area contributed by atoms with Gasteiger partial charge in [0, 0.05) is 19.3 Å². The van der Waals surface area contributed by atoms with Crippen LogP contribution in [0.25, 0.3) is 0 Å². The van der Waals surface area contributed by atoms with Gasteiger partial charge < -0.3 is 5.11 Å². The zero-order valence-corrected chi connectivity index (χ0v) is 10.7. The zero-order chi connectivity index (χ0) is 13.4. The molecule has 0 amide bonds. The Bertz CT molecular complexity index is 505. The van der Waals surface area contributed by atoms with Gasteiger partial charge in [0.25, 0.3) is 0 Å². The van der Waals surface area contributed by atoms with E-state index in [4.69, 9.17) is 10.4 Å². The molecule has 0 unspecified atom stereocenters. The molecule has 2 N–H and O–H groups in total. The highest BCUT2D eigenvalue weighted by Gasteiger charge is 2.13. The first kappa shape index (κ1) is 14.6. The van der Waals surface area contributed by atoms with Crippen LogP contribution in [0.3, 0.4) is 0 Å². The van der Waals surface area contributed by atoms with Gasteiger partial charge in [-0.25, -0.2) is 18.1 Å². The minimum absolute atomic E-state index is 0.0451. The van der Waals surface area contributed by atoms with Crippen molar-refractivity contribution in [1.82, 2.24) is 9.71 Å². The topological polar surface area (TPSA) is 103 Å². The van der Waals surface area contributed by atoms with Crippen LogP contribution in [0.5, 0.6) is 0 Å². The fourth-order valence-electron chi connectivity index (χ4n) is 1.31. The molecule has 18 heavy (non-hydrogen) atoms. The van der Waals surface area contributed by atoms with Crippen molar-refractivity contribution >= 4 is 10.0 Å². The lowest BCUT2D eigenvalue weighted by atomic mass is 10.2. The maximum Gasteiger partial charge on any atom is 0.242 e. The van der Waals surface area contributed by atoms with E-state index < -0.39 is 10.0 Å². The number of nitrogens with one attached hydrogen (secondary N) is 1. The van der Waals surface area contributed by atoms with Crippen molar-refractivity contribution < 1.29 is 13.5 Å². The molecule has 1 rings (SSSR count). The number of hydrogen-bond acceptors (Lipinski definition) is 5. The lowest BCUT2D eigenvalue weighted by Gasteiger charge is -2.05. The van der Waals surface area contributed by atoms with Crippen molar-refractivity contribution in [3.8, 4) is 6.07 Å². The molecule has 0 aromatic carbocycles. The van der Waals surface area contributed by atoms with E-state index in [0.29, 0.717) is 19.4 Å². The number of rotatable bonds is 7. The Hall–Kier alpha value is -1.49. The van der Waals surface area contributed by atoms with E-state index >= 15 is 0 Å². The first-order valence-electron chi connectivity index (χ1n) is 5.57. The van der Waals surface area contributed by atoms with Crippen LogP contribution in [0.4, 0.5) is 0 Å². The van der Waals surface area contributed by atoms with Crippen LogP contribution in [0.2, 0.25) is 0 Å². The minimum atomic E-state index is -3.56. The molecule has 1 heterocycles. The summed E-state index contributed by atoms with van der Waals surface area (Å²) in [6, 6.07) is 4.53. The van der Waals surface area contributed by atoms with Crippen LogP contribution in [0.1, 0.15) is 25.0 Å². The molecule has 0 aliphatic rings. The maximum atomic E-state index is 11.8. The van der Waals surface area contributed by atoms with Gasteiger partial charge in [-0.2, -0.15) is 5.26 Å². The predicted molar refractivity (Wildman–Crippen MR) is 65.1 cm³/mol. The SMILES string of the molecule is N#Cc1ccc(S(=O)(=O)NCCCCCO)cn1. The molecule has 1 aromatic heterocycles. The summed E-state index contributed by atoms with van der Waals surface area (Å²) in [5.41, 5.74) is 0.178. The van der Waals surface area contributed by atoms with Gasteiger partial charge in [0.15, 0.2) is 0 Å². The average molecular weight is 269 g/mol. The molecule has 0 saturated carbocycles. The smallest absolute Gasteiger partial charge is 0.242 e. The van der Waals surface area contributed by atoms with Crippen molar-refractivity contribution in [2.45, 2.75) is 24.2 Å². The molecular weight excluding hydrogens is 254 g/mol. The third kappa shape index (κ3) is 4.41. The Morgan fingerprint density at radius 3 is 2.67 bits per heavy atom. The zero-order valence-electron chi connectivity index (χ0n) is 9.83. The van der Waals surface area contributed by atoms with Crippen molar-refractivity contribution in [1.29, 1.82) is 5.26 Å². The van der Waals surface area contributed by atoms with E-state index in [-0.39, 0.29) is 17.2 Å². The lowest BCUT2D eigenvalue weighted by molar-refractivity contribution is 0.283. The third-order valence-electron chi connectivity index (χ3n) is 2.29. The predicted octanol–water partition coefficient (Wildman–Crippen LogP) is 0.394. The molecule has 0 fully saturated rings. The number of sulfonamides is 1. The number of nitrogens with zero attached hydrogens (tertiary/aromatic N) is 2. The van der Waals surface area contributed by atoms with E-state index in [1.54, 1.807) is 0 Å². The lowest BCUT2D eigenvalue weighted by Crippen LogP contribution is -2.25. The van der Waals surface area contributed by atoms with Crippen molar-refractivity contribution in [2.75, 3.05) is 13.2 Å². The maximum absolute atomic E-state index is 11.8. The number of nitriles is 1. The molecule has 0 aliphatic heterocycles. The van der Waals surface area contributed by atoms with E-state index in [9.17, 15) is 8.42 Å². The largest absolute Gasteiger partial charge is 0.396 e. The Kier molecular flexibility index (Phi) is 5.71. The summed E-state index contributed by atoms with van der Waals surface area (Å²) >= 11 is 0. The fraction of sp³-hybridized carbons (Fsp3) is 0.455. The number of pyridine rings is 1. The van der Waals surface area contributed by atoms with Crippen LogP contribution in [0, 0.1) is 11.3 Å². The van der Waals surface area contributed by atoms with Crippen LogP contribution in [0.15, 0.2) is 23.2 Å². The highest BCUT2D eigenvalue weighted by Crippen LogP contribution is 2.07. The normalized spacial score (nSPS) is 11.1. The Morgan fingerprint density at radius 1 is 1.33 bits per heavy atom. The van der Waals surface area contributed by atoms with Gasteiger partial charge in [-0.05, 0) is 31.4 Å². The molecule has 0 radical (unpaired) electrons. The second kappa shape index (κ2) is 7.06. The summed E-state index contributed by atoms with van der Waals surface area (Å²) < 4.78 is 26.0. The minimum Gasteiger partial charge on any atom is -0.396 e. The summed E-state index contributed by atoms with van der Waals surface area (Å²) in [6.07, 6.45) is 3.27. The van der Waals surface area contributed by atoms with E-state index in [1.165, 1.54) is 12.1 Å². The second-order valence-corrected chi connectivity index (χ2v) is 5.44. The highest BCUT2D eigenvalue weighted by atomic mass is 32.2. The van der Waals surface area contributed by atoms with Crippen LogP contribution in [-0.2, 0) is 10.0 Å². The molecule has 0 atom stereocenters. The summed E-state index contributed by atoms with van der Waals surface area (Å²) in [5, 5.41) is 17.1. The van der Waals surface area contributed by atoms with Crippen LogP contribution >= 0.6 is 0 Å². The summed E-state index contributed by atoms with van der Waals surface area (Å²) in [5.74, 6) is 0. The third-order valence-corrected chi connectivity index (χ3v) is 3.73. The molecule has 0 spiro atoms. The fourth-order valence-corrected chi connectivity index (χ4v) is 2.33. The molecule has 6 nitrogen and oxygen atoms in total. The summed E-state index contributed by atoms with van der Waals surface area (Å²) in [6.45, 7) is 0.439. The monoisotopic (exact) mass is 269 g/mol. The number of hydrogen-bond donors (Lipinski definition) is 2. The van der Waals surface area contributed by atoms with E-state index in [2.05, 4.69) is 9.71 Å². The average Bonchev–Trinajstić information content (AvgIpc) is 2.38. The molecule has 7 heteroatoms. The van der Waals surface area contributed by atoms with Gasteiger partial charge in [-0.15, -0.1) is 0 Å². The number of unbranched alkanes of at least 4 members (excludes halogenated alkanes) is 2. The van der Waals surface area contributed by atoms with Gasteiger partial charge >= 0.3 is 0 Å². The molecule has 1 aromatic rings. The molecule has 98 valence electrons. The Labute approximate surface area is 106 Å². The van der Waals surface area contributed by atoms with Gasteiger partial charge in [-0.1, -0.05) is 0 Å². The summed E-state index contributed by atoms with van der Waals surface area (Å²) in [4.78, 5) is 3.75. The Morgan fingerprint density at radius 2 is 2.11 bits per heavy atom. The van der Waals surface area contributed by atoms with Crippen LogP contribution < -0.4 is 4.72 Å². The van der Waals surface area contributed by atoms with E-state index in [0.717, 1.165) is 12.6 Å². The van der Waals surface area contributed by atoms with Gasteiger partial charge in [0.1, 0.15) is 16.7 Å². The van der Waals surface area contributed by atoms with E-state index in [1.807, 2.05) is 6.07 Å². The quantitative estimate of drug-likeness (QED) is 0.697.